The first-order valence-electron chi connectivity index (χ1n) is 8.52. The molecule has 1 aliphatic rings. The van der Waals surface area contributed by atoms with E-state index in [0.29, 0.717) is 18.4 Å². The highest BCUT2D eigenvalue weighted by Crippen LogP contribution is 2.27. The molecule has 1 aromatic carbocycles. The Morgan fingerprint density at radius 1 is 1.15 bits per heavy atom. The van der Waals surface area contributed by atoms with E-state index < -0.39 is 0 Å². The lowest BCUT2D eigenvalue weighted by Crippen LogP contribution is -2.23. The first-order chi connectivity index (χ1) is 12.7. The van der Waals surface area contributed by atoms with E-state index in [1.165, 1.54) is 0 Å². The zero-order valence-electron chi connectivity index (χ0n) is 14.1. The van der Waals surface area contributed by atoms with Gasteiger partial charge in [-0.25, -0.2) is 10.4 Å². The number of benzene rings is 1. The van der Waals surface area contributed by atoms with Crippen molar-refractivity contribution in [2.45, 2.75) is 25.7 Å². The molecule has 4 rings (SSSR count). The third kappa shape index (κ3) is 3.41. The molecule has 2 heterocycles. The summed E-state index contributed by atoms with van der Waals surface area (Å²) in [6.07, 6.45) is 2.49. The first-order valence-corrected chi connectivity index (χ1v) is 9.40. The first kappa shape index (κ1) is 16.6. The minimum absolute atomic E-state index is 0.179. The Hall–Kier alpha value is -2.86. The second kappa shape index (κ2) is 7.17. The molecular formula is C20H17N3O2S. The number of para-hydroxylation sites is 1. The number of thiophene rings is 1. The van der Waals surface area contributed by atoms with Crippen LogP contribution in [0.1, 0.15) is 36.0 Å². The zero-order chi connectivity index (χ0) is 17.9. The molecule has 1 amide bonds. The molecule has 0 unspecified atom stereocenters. The van der Waals surface area contributed by atoms with Gasteiger partial charge in [-0.1, -0.05) is 24.3 Å². The molecule has 0 spiro atoms. The van der Waals surface area contributed by atoms with Crippen molar-refractivity contribution in [1.82, 2.24) is 10.4 Å². The molecule has 2 aromatic heterocycles. The standard InChI is InChI=1S/C20H17N3O2S/c24-14-6-3-5-13(11-14)22-23-20(25)16-12-18(19-9-4-10-26-19)21-17-8-2-1-7-15(16)17/h1-2,4,7-10,12H,3,5-6,11H2,(H,23,25)/b22-13+. The lowest BCUT2D eigenvalue weighted by atomic mass is 9.97. The van der Waals surface area contributed by atoms with Crippen LogP contribution < -0.4 is 5.43 Å². The van der Waals surface area contributed by atoms with E-state index in [9.17, 15) is 9.59 Å². The molecule has 1 saturated carbocycles. The average Bonchev–Trinajstić information content (AvgIpc) is 3.20. The largest absolute Gasteiger partial charge is 0.299 e. The maximum Gasteiger partial charge on any atom is 0.272 e. The highest BCUT2D eigenvalue weighted by molar-refractivity contribution is 7.13. The molecule has 1 fully saturated rings. The Bertz CT molecular complexity index is 1010. The molecule has 130 valence electrons. The fourth-order valence-corrected chi connectivity index (χ4v) is 3.78. The van der Waals surface area contributed by atoms with Crippen LogP contribution in [-0.4, -0.2) is 22.4 Å². The van der Waals surface area contributed by atoms with Gasteiger partial charge < -0.3 is 0 Å². The van der Waals surface area contributed by atoms with E-state index in [4.69, 9.17) is 0 Å². The van der Waals surface area contributed by atoms with E-state index in [1.54, 1.807) is 17.4 Å². The maximum absolute atomic E-state index is 12.8. The van der Waals surface area contributed by atoms with Crippen LogP contribution in [0.5, 0.6) is 0 Å². The summed E-state index contributed by atoms with van der Waals surface area (Å²) in [6.45, 7) is 0. The Kier molecular flexibility index (Phi) is 4.58. The van der Waals surface area contributed by atoms with Gasteiger partial charge in [-0.05, 0) is 36.4 Å². The third-order valence-corrected chi connectivity index (χ3v) is 5.26. The second-order valence-electron chi connectivity index (χ2n) is 6.24. The quantitative estimate of drug-likeness (QED) is 0.709. The number of ketones is 1. The fourth-order valence-electron chi connectivity index (χ4n) is 3.09. The Labute approximate surface area is 154 Å². The Balaban J connectivity index is 1.69. The van der Waals surface area contributed by atoms with Gasteiger partial charge in [-0.2, -0.15) is 5.10 Å². The average molecular weight is 363 g/mol. The number of rotatable bonds is 3. The fraction of sp³-hybridized carbons (Fsp3) is 0.200. The second-order valence-corrected chi connectivity index (χ2v) is 7.19. The summed E-state index contributed by atoms with van der Waals surface area (Å²) in [5.41, 5.74) is 5.44. The molecule has 0 radical (unpaired) electrons. The van der Waals surface area contributed by atoms with Crippen LogP contribution in [0.2, 0.25) is 0 Å². The van der Waals surface area contributed by atoms with Crippen molar-refractivity contribution in [3.05, 3.63) is 53.4 Å². The van der Waals surface area contributed by atoms with E-state index in [0.717, 1.165) is 40.0 Å². The number of carbonyl (C=O) groups excluding carboxylic acids is 2. The van der Waals surface area contributed by atoms with Crippen molar-refractivity contribution < 1.29 is 9.59 Å². The lowest BCUT2D eigenvalue weighted by molar-refractivity contribution is -0.118. The van der Waals surface area contributed by atoms with Crippen LogP contribution >= 0.6 is 11.3 Å². The SMILES string of the molecule is O=C1CCC/C(=N\NC(=O)c2cc(-c3cccs3)nc3ccccc23)C1. The van der Waals surface area contributed by atoms with Gasteiger partial charge in [0, 0.05) is 23.9 Å². The molecule has 3 aromatic rings. The van der Waals surface area contributed by atoms with Gasteiger partial charge in [-0.3, -0.25) is 9.59 Å². The van der Waals surface area contributed by atoms with Crippen molar-refractivity contribution in [1.29, 1.82) is 0 Å². The molecule has 26 heavy (non-hydrogen) atoms. The number of nitrogens with one attached hydrogen (secondary N) is 1. The van der Waals surface area contributed by atoms with Crippen molar-refractivity contribution in [2.24, 2.45) is 5.10 Å². The van der Waals surface area contributed by atoms with Gasteiger partial charge in [0.25, 0.3) is 5.91 Å². The van der Waals surface area contributed by atoms with Gasteiger partial charge >= 0.3 is 0 Å². The maximum atomic E-state index is 12.8. The van der Waals surface area contributed by atoms with Crippen molar-refractivity contribution in [2.75, 3.05) is 0 Å². The third-order valence-electron chi connectivity index (χ3n) is 4.37. The number of nitrogens with zero attached hydrogens (tertiary/aromatic N) is 2. The summed E-state index contributed by atoms with van der Waals surface area (Å²) >= 11 is 1.58. The molecule has 6 heteroatoms. The van der Waals surface area contributed by atoms with Crippen molar-refractivity contribution in [3.8, 4) is 10.6 Å². The van der Waals surface area contributed by atoms with E-state index >= 15 is 0 Å². The number of aromatic nitrogens is 1. The number of hydrogen-bond donors (Lipinski definition) is 1. The van der Waals surface area contributed by atoms with Crippen LogP contribution in [0.4, 0.5) is 0 Å². The van der Waals surface area contributed by atoms with E-state index in [2.05, 4.69) is 15.5 Å². The number of carbonyl (C=O) groups is 2. The van der Waals surface area contributed by atoms with Gasteiger partial charge in [0.15, 0.2) is 0 Å². The van der Waals surface area contributed by atoms with Gasteiger partial charge in [-0.15, -0.1) is 11.3 Å². The molecule has 0 aliphatic heterocycles. The van der Waals surface area contributed by atoms with Crippen molar-refractivity contribution in [3.63, 3.8) is 0 Å². The summed E-state index contributed by atoms with van der Waals surface area (Å²) in [6, 6.07) is 13.3. The zero-order valence-corrected chi connectivity index (χ0v) is 14.9. The normalized spacial score (nSPS) is 16.2. The van der Waals surface area contributed by atoms with Gasteiger partial charge in [0.05, 0.1) is 21.7 Å². The highest BCUT2D eigenvalue weighted by Gasteiger charge is 2.17. The number of Topliss-reactive ketones (excluding diaryl/α,β-unsaturated/α-hetero) is 1. The van der Waals surface area contributed by atoms with Crippen LogP contribution in [0.15, 0.2) is 52.9 Å². The van der Waals surface area contributed by atoms with Crippen LogP contribution in [-0.2, 0) is 4.79 Å². The summed E-state index contributed by atoms with van der Waals surface area (Å²) in [7, 11) is 0. The number of amides is 1. The molecule has 0 bridgehead atoms. The number of pyridine rings is 1. The predicted molar refractivity (Wildman–Crippen MR) is 103 cm³/mol. The van der Waals surface area contributed by atoms with Crippen LogP contribution in [0.25, 0.3) is 21.5 Å². The highest BCUT2D eigenvalue weighted by atomic mass is 32.1. The molecule has 1 aliphatic carbocycles. The number of hydrogen-bond acceptors (Lipinski definition) is 5. The topological polar surface area (TPSA) is 71.4 Å². The van der Waals surface area contributed by atoms with Crippen LogP contribution in [0, 0.1) is 0 Å². The summed E-state index contributed by atoms with van der Waals surface area (Å²) in [5, 5.41) is 6.95. The van der Waals surface area contributed by atoms with Crippen molar-refractivity contribution >= 4 is 39.6 Å². The minimum Gasteiger partial charge on any atom is -0.299 e. The molecule has 0 saturated heterocycles. The summed E-state index contributed by atoms with van der Waals surface area (Å²) in [5.74, 6) is -0.106. The minimum atomic E-state index is -0.285. The summed E-state index contributed by atoms with van der Waals surface area (Å²) < 4.78 is 0. The Morgan fingerprint density at radius 3 is 2.85 bits per heavy atom. The molecular weight excluding hydrogens is 346 g/mol. The Morgan fingerprint density at radius 2 is 2.04 bits per heavy atom. The lowest BCUT2D eigenvalue weighted by Gasteiger charge is -2.12. The molecule has 1 N–H and O–H groups in total. The van der Waals surface area contributed by atoms with Gasteiger partial charge in [0.2, 0.25) is 0 Å². The van der Waals surface area contributed by atoms with E-state index in [1.807, 2.05) is 41.8 Å². The number of hydrazone groups is 1. The van der Waals surface area contributed by atoms with E-state index in [-0.39, 0.29) is 11.7 Å². The monoisotopic (exact) mass is 363 g/mol. The van der Waals surface area contributed by atoms with Gasteiger partial charge in [0.1, 0.15) is 5.78 Å². The van der Waals surface area contributed by atoms with Crippen LogP contribution in [0.3, 0.4) is 0 Å². The molecule has 5 nitrogen and oxygen atoms in total. The molecule has 0 atom stereocenters. The summed E-state index contributed by atoms with van der Waals surface area (Å²) in [4.78, 5) is 30.0. The smallest absolute Gasteiger partial charge is 0.272 e. The number of fused-ring (bicyclic) bond motifs is 1. The predicted octanol–water partition coefficient (Wildman–Crippen LogP) is 4.19.